The normalized spacial score (nSPS) is 10.7. The number of nitrogens with zero attached hydrogens (tertiary/aromatic N) is 2. The third-order valence-corrected chi connectivity index (χ3v) is 1.34. The Morgan fingerprint density at radius 1 is 1.50 bits per heavy atom. The fraction of sp³-hybridized carbons (Fsp3) is 0.714. The van der Waals surface area contributed by atoms with Gasteiger partial charge >= 0.3 is 0 Å². The molecule has 0 aromatic carbocycles. The quantitative estimate of drug-likeness (QED) is 0.694. The van der Waals surface area contributed by atoms with Gasteiger partial charge in [-0.05, 0) is 5.16 Å². The van der Waals surface area contributed by atoms with E-state index < -0.39 is 6.67 Å². The summed E-state index contributed by atoms with van der Waals surface area (Å²) in [6, 6.07) is 0. The number of ether oxygens (including phenoxy) is 1. The number of hydrogen-bond donors (Lipinski definition) is 0. The Hall–Kier alpha value is -1.13. The molecule has 0 atom stereocenters. The molecule has 5 heteroatoms. The van der Waals surface area contributed by atoms with Crippen LogP contribution in [0.4, 0.5) is 4.39 Å². The van der Waals surface area contributed by atoms with Gasteiger partial charge in [-0.1, -0.05) is 19.0 Å². The van der Waals surface area contributed by atoms with Gasteiger partial charge in [-0.25, -0.2) is 9.02 Å². The average molecular weight is 174 g/mol. The Morgan fingerprint density at radius 3 is 2.83 bits per heavy atom. The Kier molecular flexibility index (Phi) is 3.01. The molecule has 1 heterocycles. The van der Waals surface area contributed by atoms with Gasteiger partial charge in [0.25, 0.3) is 5.88 Å². The lowest BCUT2D eigenvalue weighted by molar-refractivity contribution is 0.236. The fourth-order valence-corrected chi connectivity index (χ4v) is 0.775. The Balaban J connectivity index is 2.64. The van der Waals surface area contributed by atoms with E-state index in [0.29, 0.717) is 11.6 Å². The molecule has 68 valence electrons. The van der Waals surface area contributed by atoms with E-state index in [1.807, 2.05) is 13.8 Å². The van der Waals surface area contributed by atoms with E-state index in [2.05, 4.69) is 14.9 Å². The predicted octanol–water partition coefficient (Wildman–Crippen LogP) is 1.54. The molecule has 0 unspecified atom stereocenters. The van der Waals surface area contributed by atoms with E-state index in [0.717, 1.165) is 0 Å². The lowest BCUT2D eigenvalue weighted by Gasteiger charge is -2.01. The molecule has 0 saturated carbocycles. The third kappa shape index (κ3) is 1.93. The molecule has 0 aliphatic rings. The van der Waals surface area contributed by atoms with Crippen molar-refractivity contribution < 1.29 is 13.8 Å². The van der Waals surface area contributed by atoms with E-state index in [1.54, 1.807) is 0 Å². The van der Waals surface area contributed by atoms with Crippen molar-refractivity contribution in [3.63, 3.8) is 0 Å². The standard InChI is InChI=1S/C7H11FN2O2/c1-5(2)6-7(10-12-9-6)11-4-3-8/h5H,3-4H2,1-2H3. The van der Waals surface area contributed by atoms with Gasteiger partial charge in [0, 0.05) is 5.92 Å². The van der Waals surface area contributed by atoms with Gasteiger partial charge in [0.15, 0.2) is 5.69 Å². The summed E-state index contributed by atoms with van der Waals surface area (Å²) in [7, 11) is 0. The van der Waals surface area contributed by atoms with Gasteiger partial charge in [-0.2, -0.15) is 0 Å². The average Bonchev–Trinajstić information content (AvgIpc) is 2.48. The van der Waals surface area contributed by atoms with Gasteiger partial charge in [-0.3, -0.25) is 0 Å². The van der Waals surface area contributed by atoms with Crippen molar-refractivity contribution in [2.24, 2.45) is 0 Å². The van der Waals surface area contributed by atoms with Crippen LogP contribution in [0.3, 0.4) is 0 Å². The number of hydrogen-bond acceptors (Lipinski definition) is 4. The first-order chi connectivity index (χ1) is 5.75. The zero-order valence-electron chi connectivity index (χ0n) is 7.08. The van der Waals surface area contributed by atoms with Gasteiger partial charge in [0.05, 0.1) is 0 Å². The smallest absolute Gasteiger partial charge is 0.279 e. The largest absolute Gasteiger partial charge is 0.471 e. The highest BCUT2D eigenvalue weighted by Crippen LogP contribution is 2.21. The zero-order valence-corrected chi connectivity index (χ0v) is 7.08. The molecule has 0 fully saturated rings. The molecule has 1 rings (SSSR count). The topological polar surface area (TPSA) is 48.2 Å². The van der Waals surface area contributed by atoms with Crippen molar-refractivity contribution in [3.05, 3.63) is 5.69 Å². The van der Waals surface area contributed by atoms with Crippen molar-refractivity contribution in [2.75, 3.05) is 13.3 Å². The highest BCUT2D eigenvalue weighted by atomic mass is 19.1. The van der Waals surface area contributed by atoms with Crippen molar-refractivity contribution in [2.45, 2.75) is 19.8 Å². The summed E-state index contributed by atoms with van der Waals surface area (Å²) >= 11 is 0. The van der Waals surface area contributed by atoms with Crippen molar-refractivity contribution in [1.29, 1.82) is 0 Å². The number of halogens is 1. The maximum atomic E-state index is 11.7. The summed E-state index contributed by atoms with van der Waals surface area (Å²) in [5.41, 5.74) is 0.628. The second kappa shape index (κ2) is 4.04. The van der Waals surface area contributed by atoms with Crippen LogP contribution >= 0.6 is 0 Å². The maximum absolute atomic E-state index is 11.7. The van der Waals surface area contributed by atoms with E-state index in [-0.39, 0.29) is 12.5 Å². The second-order valence-corrected chi connectivity index (χ2v) is 2.65. The lowest BCUT2D eigenvalue weighted by Crippen LogP contribution is -2.02. The highest BCUT2D eigenvalue weighted by molar-refractivity contribution is 5.17. The van der Waals surface area contributed by atoms with Crippen molar-refractivity contribution >= 4 is 0 Å². The van der Waals surface area contributed by atoms with E-state index in [4.69, 9.17) is 4.74 Å². The molecule has 4 nitrogen and oxygen atoms in total. The van der Waals surface area contributed by atoms with E-state index in [9.17, 15) is 4.39 Å². The van der Waals surface area contributed by atoms with Crippen molar-refractivity contribution in [1.82, 2.24) is 10.3 Å². The summed E-state index contributed by atoms with van der Waals surface area (Å²) in [5, 5.41) is 7.13. The molecule has 0 spiro atoms. The molecule has 0 aliphatic carbocycles. The first kappa shape index (κ1) is 8.96. The van der Waals surface area contributed by atoms with Crippen LogP contribution in [0.2, 0.25) is 0 Å². The predicted molar refractivity (Wildman–Crippen MR) is 39.9 cm³/mol. The monoisotopic (exact) mass is 174 g/mol. The first-order valence-electron chi connectivity index (χ1n) is 3.77. The molecule has 0 amide bonds. The first-order valence-corrected chi connectivity index (χ1v) is 3.77. The number of aromatic nitrogens is 2. The fourth-order valence-electron chi connectivity index (χ4n) is 0.775. The highest BCUT2D eigenvalue weighted by Gasteiger charge is 2.14. The molecule has 0 saturated heterocycles. The molecule has 0 aliphatic heterocycles. The second-order valence-electron chi connectivity index (χ2n) is 2.65. The van der Waals surface area contributed by atoms with Crippen LogP contribution in [0.25, 0.3) is 0 Å². The van der Waals surface area contributed by atoms with Crippen LogP contribution < -0.4 is 4.74 Å². The van der Waals surface area contributed by atoms with Gasteiger partial charge < -0.3 is 4.74 Å². The van der Waals surface area contributed by atoms with Crippen LogP contribution in [0.5, 0.6) is 5.88 Å². The molecular formula is C7H11FN2O2. The third-order valence-electron chi connectivity index (χ3n) is 1.34. The Bertz CT molecular complexity index is 237. The SMILES string of the molecule is CC(C)c1nonc1OCCF. The summed E-state index contributed by atoms with van der Waals surface area (Å²) in [6.45, 7) is 3.32. The maximum Gasteiger partial charge on any atom is 0.279 e. The molecule has 1 aromatic rings. The minimum atomic E-state index is -0.537. The summed E-state index contributed by atoms with van der Waals surface area (Å²) < 4.78 is 21.1. The van der Waals surface area contributed by atoms with E-state index >= 15 is 0 Å². The van der Waals surface area contributed by atoms with Crippen molar-refractivity contribution in [3.8, 4) is 5.88 Å². The molecule has 0 bridgehead atoms. The van der Waals surface area contributed by atoms with Crippen LogP contribution in [0.15, 0.2) is 4.63 Å². The number of alkyl halides is 1. The van der Waals surface area contributed by atoms with E-state index in [1.165, 1.54) is 0 Å². The molecule has 0 N–H and O–H groups in total. The minimum absolute atomic E-state index is 0.00602. The Labute approximate surface area is 69.7 Å². The van der Waals surface area contributed by atoms with Gasteiger partial charge in [0.1, 0.15) is 13.3 Å². The molecule has 1 aromatic heterocycles. The lowest BCUT2D eigenvalue weighted by atomic mass is 10.1. The Morgan fingerprint density at radius 2 is 2.25 bits per heavy atom. The molecule has 12 heavy (non-hydrogen) atoms. The van der Waals surface area contributed by atoms with Gasteiger partial charge in [-0.15, -0.1) is 0 Å². The molecule has 0 radical (unpaired) electrons. The van der Waals surface area contributed by atoms with Crippen LogP contribution in [0.1, 0.15) is 25.5 Å². The van der Waals surface area contributed by atoms with Crippen LogP contribution in [-0.4, -0.2) is 23.6 Å². The molecular weight excluding hydrogens is 163 g/mol. The minimum Gasteiger partial charge on any atom is -0.471 e. The number of rotatable bonds is 4. The van der Waals surface area contributed by atoms with Crippen LogP contribution in [0, 0.1) is 0 Å². The van der Waals surface area contributed by atoms with Crippen LogP contribution in [-0.2, 0) is 0 Å². The zero-order chi connectivity index (χ0) is 8.97. The summed E-state index contributed by atoms with van der Waals surface area (Å²) in [4.78, 5) is 0. The summed E-state index contributed by atoms with van der Waals surface area (Å²) in [6.07, 6.45) is 0. The summed E-state index contributed by atoms with van der Waals surface area (Å²) in [5.74, 6) is 0.466. The van der Waals surface area contributed by atoms with Gasteiger partial charge in [0.2, 0.25) is 0 Å².